The van der Waals surface area contributed by atoms with Gasteiger partial charge in [-0.1, -0.05) is 24.3 Å². The molecule has 0 saturated heterocycles. The molecule has 1 aromatic heterocycles. The quantitative estimate of drug-likeness (QED) is 0.697. The van der Waals surface area contributed by atoms with Crippen molar-refractivity contribution in [2.45, 2.75) is 12.8 Å². The number of hydrogen-bond acceptors (Lipinski definition) is 5. The fourth-order valence-electron chi connectivity index (χ4n) is 2.52. The molecule has 6 nitrogen and oxygen atoms in total. The van der Waals surface area contributed by atoms with Gasteiger partial charge < -0.3 is 19.2 Å². The van der Waals surface area contributed by atoms with Crippen LogP contribution in [0.5, 0.6) is 11.5 Å². The number of methoxy groups -OCH3 is 2. The van der Waals surface area contributed by atoms with E-state index in [9.17, 15) is 4.79 Å². The van der Waals surface area contributed by atoms with Gasteiger partial charge in [0, 0.05) is 18.4 Å². The van der Waals surface area contributed by atoms with Gasteiger partial charge >= 0.3 is 0 Å². The van der Waals surface area contributed by atoms with Gasteiger partial charge in [0.1, 0.15) is 11.5 Å². The monoisotopic (exact) mass is 352 g/mol. The molecule has 6 heteroatoms. The summed E-state index contributed by atoms with van der Waals surface area (Å²) in [6.07, 6.45) is 2.32. The molecule has 0 aliphatic rings. The van der Waals surface area contributed by atoms with Gasteiger partial charge in [-0.2, -0.15) is 0 Å². The Labute approximate surface area is 151 Å². The number of hydrogen-bond donors (Lipinski definition) is 1. The number of nitrogens with zero attached hydrogens (tertiary/aromatic N) is 1. The highest BCUT2D eigenvalue weighted by atomic mass is 16.5. The first-order chi connectivity index (χ1) is 12.7. The van der Waals surface area contributed by atoms with E-state index in [1.54, 1.807) is 32.5 Å². The molecule has 1 N–H and O–H groups in total. The van der Waals surface area contributed by atoms with Crippen molar-refractivity contribution in [2.75, 3.05) is 19.5 Å². The van der Waals surface area contributed by atoms with Crippen LogP contribution in [0.15, 0.2) is 59.1 Å². The molecule has 1 heterocycles. The van der Waals surface area contributed by atoms with E-state index in [4.69, 9.17) is 13.9 Å². The van der Waals surface area contributed by atoms with Crippen LogP contribution < -0.4 is 14.8 Å². The van der Waals surface area contributed by atoms with Gasteiger partial charge in [0.05, 0.1) is 26.1 Å². The zero-order chi connectivity index (χ0) is 18.4. The Balaban J connectivity index is 1.60. The van der Waals surface area contributed by atoms with Gasteiger partial charge in [-0.25, -0.2) is 4.98 Å². The summed E-state index contributed by atoms with van der Waals surface area (Å²) in [5, 5.41) is 2.84. The number of benzene rings is 2. The highest BCUT2D eigenvalue weighted by Gasteiger charge is 2.11. The minimum atomic E-state index is -0.129. The summed E-state index contributed by atoms with van der Waals surface area (Å²) in [6, 6.07) is 14.8. The Hall–Kier alpha value is -3.28. The van der Waals surface area contributed by atoms with E-state index in [1.165, 1.54) is 0 Å². The summed E-state index contributed by atoms with van der Waals surface area (Å²) in [4.78, 5) is 16.4. The van der Waals surface area contributed by atoms with Crippen LogP contribution >= 0.6 is 0 Å². The van der Waals surface area contributed by atoms with E-state index in [0.717, 1.165) is 11.3 Å². The van der Waals surface area contributed by atoms with Crippen LogP contribution in [-0.2, 0) is 11.2 Å². The Morgan fingerprint density at radius 3 is 2.77 bits per heavy atom. The van der Waals surface area contributed by atoms with Crippen molar-refractivity contribution in [3.63, 3.8) is 0 Å². The van der Waals surface area contributed by atoms with Crippen LogP contribution in [0.25, 0.3) is 11.3 Å². The fourth-order valence-corrected chi connectivity index (χ4v) is 2.52. The number of carbonyl (C=O) groups excluding carboxylic acids is 1. The van der Waals surface area contributed by atoms with Gasteiger partial charge in [0.2, 0.25) is 5.91 Å². The lowest BCUT2D eigenvalue weighted by Gasteiger charge is -2.09. The Morgan fingerprint density at radius 1 is 1.12 bits per heavy atom. The lowest BCUT2D eigenvalue weighted by atomic mass is 10.2. The third-order valence-electron chi connectivity index (χ3n) is 3.85. The van der Waals surface area contributed by atoms with Crippen molar-refractivity contribution in [1.29, 1.82) is 0 Å². The van der Waals surface area contributed by atoms with Gasteiger partial charge in [-0.3, -0.25) is 4.79 Å². The number of carbonyl (C=O) groups is 1. The molecule has 2 aromatic carbocycles. The first kappa shape index (κ1) is 17.5. The summed E-state index contributed by atoms with van der Waals surface area (Å²) in [7, 11) is 3.18. The third-order valence-corrected chi connectivity index (χ3v) is 3.85. The maximum absolute atomic E-state index is 12.2. The zero-order valence-corrected chi connectivity index (χ0v) is 14.7. The summed E-state index contributed by atoms with van der Waals surface area (Å²) >= 11 is 0. The highest BCUT2D eigenvalue weighted by molar-refractivity contribution is 5.92. The molecule has 0 atom stereocenters. The highest BCUT2D eigenvalue weighted by Crippen LogP contribution is 2.25. The normalized spacial score (nSPS) is 10.4. The molecule has 3 rings (SSSR count). The largest absolute Gasteiger partial charge is 0.497 e. The summed E-state index contributed by atoms with van der Waals surface area (Å²) < 4.78 is 16.2. The Kier molecular flexibility index (Phi) is 5.53. The van der Waals surface area contributed by atoms with Crippen LogP contribution in [0, 0.1) is 0 Å². The van der Waals surface area contributed by atoms with Crippen molar-refractivity contribution in [1.82, 2.24) is 4.98 Å². The predicted molar refractivity (Wildman–Crippen MR) is 98.4 cm³/mol. The molecular weight excluding hydrogens is 332 g/mol. The van der Waals surface area contributed by atoms with Crippen LogP contribution in [0.2, 0.25) is 0 Å². The minimum Gasteiger partial charge on any atom is -0.497 e. The summed E-state index contributed by atoms with van der Waals surface area (Å²) in [5.41, 5.74) is 1.52. The van der Waals surface area contributed by atoms with E-state index in [0.29, 0.717) is 29.5 Å². The number of oxazole rings is 1. The van der Waals surface area contributed by atoms with Gasteiger partial charge in [0.15, 0.2) is 11.7 Å². The second-order valence-electron chi connectivity index (χ2n) is 5.60. The number of amides is 1. The van der Waals surface area contributed by atoms with Crippen LogP contribution in [0.1, 0.15) is 12.3 Å². The third kappa shape index (κ3) is 4.22. The molecule has 0 fully saturated rings. The number of ether oxygens (including phenoxy) is 2. The number of aromatic nitrogens is 1. The van der Waals surface area contributed by atoms with E-state index in [1.807, 2.05) is 36.4 Å². The lowest BCUT2D eigenvalue weighted by molar-refractivity contribution is -0.116. The molecular formula is C20H20N2O4. The van der Waals surface area contributed by atoms with Crippen molar-refractivity contribution < 1.29 is 18.7 Å². The number of para-hydroxylation sites is 2. The van der Waals surface area contributed by atoms with Crippen LogP contribution in [0.4, 0.5) is 5.69 Å². The smallest absolute Gasteiger partial charge is 0.224 e. The van der Waals surface area contributed by atoms with Crippen LogP contribution in [0.3, 0.4) is 0 Å². The number of nitrogens with one attached hydrogen (secondary N) is 1. The van der Waals surface area contributed by atoms with E-state index in [-0.39, 0.29) is 12.3 Å². The Morgan fingerprint density at radius 2 is 1.96 bits per heavy atom. The minimum absolute atomic E-state index is 0.129. The van der Waals surface area contributed by atoms with E-state index < -0.39 is 0 Å². The second-order valence-corrected chi connectivity index (χ2v) is 5.60. The van der Waals surface area contributed by atoms with Gasteiger partial charge in [0.25, 0.3) is 0 Å². The second kappa shape index (κ2) is 8.20. The average molecular weight is 352 g/mol. The predicted octanol–water partition coefficient (Wildman–Crippen LogP) is 3.93. The molecule has 26 heavy (non-hydrogen) atoms. The van der Waals surface area contributed by atoms with E-state index >= 15 is 0 Å². The molecule has 1 amide bonds. The Bertz CT molecular complexity index is 889. The molecule has 3 aromatic rings. The van der Waals surface area contributed by atoms with Gasteiger partial charge in [-0.15, -0.1) is 0 Å². The molecule has 134 valence electrons. The lowest BCUT2D eigenvalue weighted by Crippen LogP contribution is -2.13. The number of anilines is 1. The molecule has 0 saturated carbocycles. The maximum Gasteiger partial charge on any atom is 0.224 e. The topological polar surface area (TPSA) is 73.6 Å². The molecule has 0 bridgehead atoms. The molecule has 0 aliphatic carbocycles. The van der Waals surface area contributed by atoms with Crippen LogP contribution in [-0.4, -0.2) is 25.1 Å². The molecule has 0 aliphatic heterocycles. The van der Waals surface area contributed by atoms with Crippen molar-refractivity contribution >= 4 is 11.6 Å². The number of rotatable bonds is 7. The van der Waals surface area contributed by atoms with Crippen molar-refractivity contribution in [3.05, 3.63) is 60.6 Å². The van der Waals surface area contributed by atoms with Gasteiger partial charge in [-0.05, 0) is 24.3 Å². The standard InChI is InChI=1S/C20H20N2O4/c1-24-15-7-5-6-14(12-15)18-13-21-20(26-18)11-10-19(23)22-16-8-3-4-9-17(16)25-2/h3-9,12-13H,10-11H2,1-2H3,(H,22,23). The maximum atomic E-state index is 12.2. The first-order valence-corrected chi connectivity index (χ1v) is 8.21. The van der Waals surface area contributed by atoms with E-state index in [2.05, 4.69) is 10.3 Å². The summed E-state index contributed by atoms with van der Waals surface area (Å²) in [5.74, 6) is 2.39. The average Bonchev–Trinajstić information content (AvgIpc) is 3.16. The number of aryl methyl sites for hydroxylation is 1. The molecule has 0 spiro atoms. The zero-order valence-electron chi connectivity index (χ0n) is 14.7. The first-order valence-electron chi connectivity index (χ1n) is 8.21. The SMILES string of the molecule is COc1cccc(-c2cnc(CCC(=O)Nc3ccccc3OC)o2)c1. The molecule has 0 unspecified atom stereocenters. The summed E-state index contributed by atoms with van der Waals surface area (Å²) in [6.45, 7) is 0. The van der Waals surface area contributed by atoms with Crippen molar-refractivity contribution in [3.8, 4) is 22.8 Å². The molecule has 0 radical (unpaired) electrons. The fraction of sp³-hybridized carbons (Fsp3) is 0.200. The van der Waals surface area contributed by atoms with Crippen molar-refractivity contribution in [2.24, 2.45) is 0 Å².